The van der Waals surface area contributed by atoms with Crippen molar-refractivity contribution in [2.45, 2.75) is 12.5 Å². The van der Waals surface area contributed by atoms with Crippen molar-refractivity contribution in [2.24, 2.45) is 0 Å². The Labute approximate surface area is 127 Å². The van der Waals surface area contributed by atoms with Crippen LogP contribution in [-0.4, -0.2) is 40.0 Å². The predicted molar refractivity (Wildman–Crippen MR) is 78.4 cm³/mol. The molecule has 1 amide bonds. The van der Waals surface area contributed by atoms with E-state index in [1.807, 2.05) is 0 Å². The Morgan fingerprint density at radius 2 is 2.10 bits per heavy atom. The maximum Gasteiger partial charge on any atom is 0.316 e. The maximum absolute atomic E-state index is 12.4. The molecule has 1 aromatic carbocycles. The van der Waals surface area contributed by atoms with E-state index in [1.54, 1.807) is 47.6 Å². The van der Waals surface area contributed by atoms with Gasteiger partial charge in [-0.05, 0) is 24.3 Å². The van der Waals surface area contributed by atoms with Gasteiger partial charge in [-0.2, -0.15) is 0 Å². The van der Waals surface area contributed by atoms with E-state index in [4.69, 9.17) is 16.3 Å². The van der Waals surface area contributed by atoms with E-state index in [0.29, 0.717) is 29.7 Å². The minimum Gasteiger partial charge on any atom is -0.458 e. The van der Waals surface area contributed by atoms with Gasteiger partial charge < -0.3 is 9.64 Å². The highest BCUT2D eigenvalue weighted by molar-refractivity contribution is 6.30. The summed E-state index contributed by atoms with van der Waals surface area (Å²) in [5.41, 5.74) is 0.596. The monoisotopic (exact) mass is 303 g/mol. The zero-order valence-electron chi connectivity index (χ0n) is 11.3. The van der Waals surface area contributed by atoms with Crippen molar-refractivity contribution in [1.82, 2.24) is 14.9 Å². The first kappa shape index (κ1) is 13.8. The van der Waals surface area contributed by atoms with Gasteiger partial charge >= 0.3 is 6.01 Å². The average Bonchev–Trinajstić information content (AvgIpc) is 2.96. The second kappa shape index (κ2) is 6.10. The fourth-order valence-corrected chi connectivity index (χ4v) is 2.50. The quantitative estimate of drug-likeness (QED) is 0.874. The summed E-state index contributed by atoms with van der Waals surface area (Å²) >= 11 is 5.92. The number of halogens is 1. The Morgan fingerprint density at radius 1 is 1.29 bits per heavy atom. The molecule has 21 heavy (non-hydrogen) atoms. The number of rotatable bonds is 3. The van der Waals surface area contributed by atoms with Gasteiger partial charge in [0.2, 0.25) is 0 Å². The molecule has 3 rings (SSSR count). The molecule has 1 aliphatic heterocycles. The maximum atomic E-state index is 12.4. The SMILES string of the molecule is O=C(c1cccc(Cl)c1)N1CC[C@@H](Oc2ncccn2)C1. The van der Waals surface area contributed by atoms with E-state index in [9.17, 15) is 4.79 Å². The first-order valence-electron chi connectivity index (χ1n) is 6.71. The lowest BCUT2D eigenvalue weighted by atomic mass is 10.2. The first-order chi connectivity index (χ1) is 10.2. The van der Waals surface area contributed by atoms with Gasteiger partial charge in [-0.3, -0.25) is 4.79 Å². The Morgan fingerprint density at radius 3 is 2.86 bits per heavy atom. The molecule has 2 aromatic rings. The molecule has 6 heteroatoms. The molecule has 1 aromatic heterocycles. The van der Waals surface area contributed by atoms with Crippen LogP contribution in [-0.2, 0) is 0 Å². The lowest BCUT2D eigenvalue weighted by molar-refractivity contribution is 0.0769. The lowest BCUT2D eigenvalue weighted by Crippen LogP contribution is -2.31. The highest BCUT2D eigenvalue weighted by Gasteiger charge is 2.28. The molecule has 2 heterocycles. The van der Waals surface area contributed by atoms with Crippen LogP contribution in [0.3, 0.4) is 0 Å². The van der Waals surface area contributed by atoms with Gasteiger partial charge in [-0.1, -0.05) is 17.7 Å². The molecule has 1 aliphatic rings. The Balaban J connectivity index is 1.63. The van der Waals surface area contributed by atoms with Crippen molar-refractivity contribution < 1.29 is 9.53 Å². The standard InChI is InChI=1S/C15H14ClN3O2/c16-12-4-1-3-11(9-12)14(20)19-8-5-13(10-19)21-15-17-6-2-7-18-15/h1-4,6-7,9,13H,5,8,10H2/t13-/m1/s1. The number of hydrogen-bond donors (Lipinski definition) is 0. The predicted octanol–water partition coefficient (Wildman–Crippen LogP) is 2.42. The van der Waals surface area contributed by atoms with E-state index in [0.717, 1.165) is 6.42 Å². The van der Waals surface area contributed by atoms with E-state index in [2.05, 4.69) is 9.97 Å². The molecule has 0 aliphatic carbocycles. The molecular formula is C15H14ClN3O2. The van der Waals surface area contributed by atoms with E-state index in [1.165, 1.54) is 0 Å². The van der Waals surface area contributed by atoms with Crippen LogP contribution in [0.2, 0.25) is 5.02 Å². The molecular weight excluding hydrogens is 290 g/mol. The minimum absolute atomic E-state index is 0.0300. The molecule has 1 atom stereocenters. The van der Waals surface area contributed by atoms with Crippen molar-refractivity contribution in [1.29, 1.82) is 0 Å². The smallest absolute Gasteiger partial charge is 0.316 e. The van der Waals surface area contributed by atoms with Gasteiger partial charge in [-0.25, -0.2) is 9.97 Å². The topological polar surface area (TPSA) is 55.3 Å². The van der Waals surface area contributed by atoms with E-state index >= 15 is 0 Å². The summed E-state index contributed by atoms with van der Waals surface area (Å²) in [6, 6.07) is 9.05. The second-order valence-corrected chi connectivity index (χ2v) is 5.26. The van der Waals surface area contributed by atoms with Crippen LogP contribution < -0.4 is 4.74 Å². The van der Waals surface area contributed by atoms with Crippen molar-refractivity contribution >= 4 is 17.5 Å². The van der Waals surface area contributed by atoms with Crippen molar-refractivity contribution in [3.8, 4) is 6.01 Å². The molecule has 5 nitrogen and oxygen atoms in total. The van der Waals surface area contributed by atoms with E-state index in [-0.39, 0.29) is 12.0 Å². The van der Waals surface area contributed by atoms with Crippen LogP contribution in [0.15, 0.2) is 42.7 Å². The van der Waals surface area contributed by atoms with Crippen LogP contribution in [0.1, 0.15) is 16.8 Å². The van der Waals surface area contributed by atoms with Crippen LogP contribution in [0, 0.1) is 0 Å². The number of benzene rings is 1. The van der Waals surface area contributed by atoms with Gasteiger partial charge in [0.05, 0.1) is 6.54 Å². The van der Waals surface area contributed by atoms with Crippen molar-refractivity contribution in [2.75, 3.05) is 13.1 Å². The van der Waals surface area contributed by atoms with Crippen LogP contribution in [0.25, 0.3) is 0 Å². The summed E-state index contributed by atoms with van der Waals surface area (Å²) in [5, 5.41) is 0.561. The van der Waals surface area contributed by atoms with Gasteiger partial charge in [0.15, 0.2) is 0 Å². The number of likely N-dealkylation sites (tertiary alicyclic amines) is 1. The molecule has 0 radical (unpaired) electrons. The fourth-order valence-electron chi connectivity index (χ4n) is 2.31. The first-order valence-corrected chi connectivity index (χ1v) is 7.09. The van der Waals surface area contributed by atoms with Crippen LogP contribution >= 0.6 is 11.6 Å². The number of hydrogen-bond acceptors (Lipinski definition) is 4. The molecule has 0 bridgehead atoms. The third-order valence-electron chi connectivity index (χ3n) is 3.32. The molecule has 0 saturated carbocycles. The second-order valence-electron chi connectivity index (χ2n) is 4.82. The molecule has 0 spiro atoms. The van der Waals surface area contributed by atoms with Crippen LogP contribution in [0.4, 0.5) is 0 Å². The van der Waals surface area contributed by atoms with E-state index < -0.39 is 0 Å². The van der Waals surface area contributed by atoms with Crippen molar-refractivity contribution in [3.63, 3.8) is 0 Å². The molecule has 0 N–H and O–H groups in total. The zero-order chi connectivity index (χ0) is 14.7. The van der Waals surface area contributed by atoms with Gasteiger partial charge in [0, 0.05) is 35.9 Å². The van der Waals surface area contributed by atoms with Gasteiger partial charge in [0.1, 0.15) is 6.10 Å². The number of carbonyl (C=O) groups excluding carboxylic acids is 1. The van der Waals surface area contributed by atoms with Gasteiger partial charge in [0.25, 0.3) is 5.91 Å². The third kappa shape index (κ3) is 3.31. The minimum atomic E-state index is -0.0736. The molecule has 108 valence electrons. The number of nitrogens with zero attached hydrogens (tertiary/aromatic N) is 3. The Kier molecular flexibility index (Phi) is 4.01. The Bertz CT molecular complexity index is 636. The summed E-state index contributed by atoms with van der Waals surface area (Å²) in [7, 11) is 0. The highest BCUT2D eigenvalue weighted by Crippen LogP contribution is 2.19. The summed E-state index contributed by atoms with van der Waals surface area (Å²) in [6.45, 7) is 1.19. The Hall–Kier alpha value is -2.14. The normalized spacial score (nSPS) is 17.8. The summed E-state index contributed by atoms with van der Waals surface area (Å²) in [4.78, 5) is 22.2. The number of ether oxygens (including phenoxy) is 1. The lowest BCUT2D eigenvalue weighted by Gasteiger charge is -2.16. The van der Waals surface area contributed by atoms with Crippen LogP contribution in [0.5, 0.6) is 6.01 Å². The summed E-state index contributed by atoms with van der Waals surface area (Å²) < 4.78 is 5.67. The molecule has 0 unspecified atom stereocenters. The zero-order valence-corrected chi connectivity index (χ0v) is 12.0. The highest BCUT2D eigenvalue weighted by atomic mass is 35.5. The number of aromatic nitrogens is 2. The molecule has 1 saturated heterocycles. The van der Waals surface area contributed by atoms with Gasteiger partial charge in [-0.15, -0.1) is 0 Å². The third-order valence-corrected chi connectivity index (χ3v) is 3.55. The largest absolute Gasteiger partial charge is 0.458 e. The summed E-state index contributed by atoms with van der Waals surface area (Å²) in [5.74, 6) is -0.0300. The summed E-state index contributed by atoms with van der Waals surface area (Å²) in [6.07, 6.45) is 3.96. The number of amides is 1. The number of carbonyl (C=O) groups is 1. The van der Waals surface area contributed by atoms with Crippen molar-refractivity contribution in [3.05, 3.63) is 53.3 Å². The fraction of sp³-hybridized carbons (Fsp3) is 0.267. The molecule has 1 fully saturated rings. The average molecular weight is 304 g/mol.